The van der Waals surface area contributed by atoms with E-state index in [2.05, 4.69) is 27.7 Å². The van der Waals surface area contributed by atoms with Crippen LogP contribution in [0.3, 0.4) is 0 Å². The van der Waals surface area contributed by atoms with E-state index in [0.717, 1.165) is 5.56 Å². The maximum absolute atomic E-state index is 5.15. The van der Waals surface area contributed by atoms with E-state index in [1.165, 1.54) is 0 Å². The van der Waals surface area contributed by atoms with Gasteiger partial charge in [0.25, 0.3) is 0 Å². The van der Waals surface area contributed by atoms with Gasteiger partial charge in [0.15, 0.2) is 5.11 Å². The van der Waals surface area contributed by atoms with E-state index in [1.807, 2.05) is 12.1 Å². The van der Waals surface area contributed by atoms with Crippen LogP contribution in [-0.4, -0.2) is 16.3 Å². The summed E-state index contributed by atoms with van der Waals surface area (Å²) in [5, 5.41) is 3.91. The van der Waals surface area contributed by atoms with E-state index >= 15 is 0 Å². The highest BCUT2D eigenvalue weighted by atomic mass is 35.5. The number of nitrogens with two attached hydrogens (primary N) is 1. The van der Waals surface area contributed by atoms with E-state index in [9.17, 15) is 0 Å². The Morgan fingerprint density at radius 3 is 3.00 bits per heavy atom. The second-order valence-corrected chi connectivity index (χ2v) is 2.46. The van der Waals surface area contributed by atoms with Crippen molar-refractivity contribution in [2.75, 3.05) is 0 Å². The molecule has 0 radical (unpaired) electrons. The number of hydrogen-bond acceptors (Lipinski definition) is 3. The molecule has 0 aliphatic heterocycles. The van der Waals surface area contributed by atoms with E-state index in [0.29, 0.717) is 0 Å². The Labute approximate surface area is 87.6 Å². The Morgan fingerprint density at radius 2 is 2.46 bits per heavy atom. The lowest BCUT2D eigenvalue weighted by molar-refractivity contribution is 1.04. The lowest BCUT2D eigenvalue weighted by Crippen LogP contribution is -2.23. The van der Waals surface area contributed by atoms with Crippen molar-refractivity contribution in [3.8, 4) is 0 Å². The number of pyridine rings is 1. The van der Waals surface area contributed by atoms with Crippen molar-refractivity contribution >= 4 is 36.0 Å². The van der Waals surface area contributed by atoms with Crippen LogP contribution in [0, 0.1) is 0 Å². The normalized spacial score (nSPS) is 9.23. The first kappa shape index (κ1) is 11.8. The zero-order valence-corrected chi connectivity index (χ0v) is 8.31. The molecule has 4 nitrogen and oxygen atoms in total. The first-order valence-corrected chi connectivity index (χ1v) is 3.68. The lowest BCUT2D eigenvalue weighted by atomic mass is 10.3. The number of nitrogens with one attached hydrogen (secondary N) is 1. The molecule has 0 saturated carbocycles. The van der Waals surface area contributed by atoms with Gasteiger partial charge in [0, 0.05) is 18.0 Å². The molecule has 1 aromatic rings. The van der Waals surface area contributed by atoms with Gasteiger partial charge in [-0.2, -0.15) is 5.10 Å². The highest BCUT2D eigenvalue weighted by Gasteiger charge is 1.83. The summed E-state index contributed by atoms with van der Waals surface area (Å²) >= 11 is 4.55. The molecule has 0 spiro atoms. The average Bonchev–Trinajstić information content (AvgIpc) is 2.05. The fourth-order valence-electron chi connectivity index (χ4n) is 0.623. The van der Waals surface area contributed by atoms with Crippen LogP contribution < -0.4 is 11.2 Å². The monoisotopic (exact) mass is 216 g/mol. The smallest absolute Gasteiger partial charge is 0.184 e. The van der Waals surface area contributed by atoms with Crippen LogP contribution in [-0.2, 0) is 0 Å². The Morgan fingerprint density at radius 1 is 1.69 bits per heavy atom. The van der Waals surface area contributed by atoms with Crippen LogP contribution in [0.25, 0.3) is 0 Å². The summed E-state index contributed by atoms with van der Waals surface area (Å²) in [6, 6.07) is 3.69. The molecule has 1 aromatic heterocycles. The second-order valence-electron chi connectivity index (χ2n) is 2.02. The predicted molar refractivity (Wildman–Crippen MR) is 59.0 cm³/mol. The summed E-state index contributed by atoms with van der Waals surface area (Å²) in [7, 11) is 0. The number of aromatic nitrogens is 1. The molecule has 0 saturated heterocycles. The van der Waals surface area contributed by atoms with Gasteiger partial charge in [-0.05, 0) is 18.3 Å². The number of rotatable bonds is 2. The Hall–Kier alpha value is -1.20. The third-order valence-electron chi connectivity index (χ3n) is 1.07. The molecule has 0 aromatic carbocycles. The Bertz CT molecular complexity index is 288. The van der Waals surface area contributed by atoms with Crippen LogP contribution >= 0.6 is 24.6 Å². The van der Waals surface area contributed by atoms with Crippen molar-refractivity contribution in [3.05, 3.63) is 30.1 Å². The van der Waals surface area contributed by atoms with E-state index < -0.39 is 0 Å². The van der Waals surface area contributed by atoms with Crippen molar-refractivity contribution in [2.45, 2.75) is 0 Å². The van der Waals surface area contributed by atoms with Crippen LogP contribution in [0.15, 0.2) is 29.6 Å². The molecule has 0 unspecified atom stereocenters. The van der Waals surface area contributed by atoms with Crippen molar-refractivity contribution < 1.29 is 0 Å². The minimum absolute atomic E-state index is 0. The SMILES string of the molecule is Cl.NC(=S)N/N=C/c1cccnc1. The largest absolute Gasteiger partial charge is 0.375 e. The second kappa shape index (κ2) is 6.33. The van der Waals surface area contributed by atoms with Crippen molar-refractivity contribution in [3.63, 3.8) is 0 Å². The summed E-state index contributed by atoms with van der Waals surface area (Å²) < 4.78 is 0. The molecule has 70 valence electrons. The third-order valence-corrected chi connectivity index (χ3v) is 1.16. The molecule has 0 atom stereocenters. The number of hydrazone groups is 1. The van der Waals surface area contributed by atoms with E-state index in [4.69, 9.17) is 5.73 Å². The quantitative estimate of drug-likeness (QED) is 0.433. The zero-order chi connectivity index (χ0) is 8.81. The molecular weight excluding hydrogens is 208 g/mol. The summed E-state index contributed by atoms with van der Waals surface area (Å²) in [6.07, 6.45) is 4.97. The third kappa shape index (κ3) is 5.10. The standard InChI is InChI=1S/C7H8N4S.ClH/c8-7(12)11-10-5-6-2-1-3-9-4-6;/h1-5H,(H3,8,11,12);1H/b10-5+;. The van der Waals surface area contributed by atoms with Gasteiger partial charge in [0.2, 0.25) is 0 Å². The molecular formula is C7H9ClN4S. The first-order valence-electron chi connectivity index (χ1n) is 3.27. The maximum atomic E-state index is 5.15. The molecule has 0 aliphatic carbocycles. The van der Waals surface area contributed by atoms with Gasteiger partial charge in [-0.1, -0.05) is 6.07 Å². The molecule has 0 aliphatic rings. The molecule has 1 rings (SSSR count). The number of hydrogen-bond donors (Lipinski definition) is 2. The molecule has 1 heterocycles. The zero-order valence-electron chi connectivity index (χ0n) is 6.68. The summed E-state index contributed by atoms with van der Waals surface area (Å²) in [4.78, 5) is 3.90. The molecule has 0 bridgehead atoms. The van der Waals surface area contributed by atoms with Gasteiger partial charge in [-0.25, -0.2) is 0 Å². The van der Waals surface area contributed by atoms with E-state index in [1.54, 1.807) is 18.6 Å². The van der Waals surface area contributed by atoms with Gasteiger partial charge in [-0.15, -0.1) is 12.4 Å². The van der Waals surface area contributed by atoms with Crippen LogP contribution in [0.5, 0.6) is 0 Å². The Kier molecular flexibility index (Phi) is 5.75. The summed E-state index contributed by atoms with van der Waals surface area (Å²) in [5.74, 6) is 0. The number of nitrogens with zero attached hydrogens (tertiary/aromatic N) is 2. The average molecular weight is 217 g/mol. The summed E-state index contributed by atoms with van der Waals surface area (Å²) in [5.41, 5.74) is 8.48. The molecule has 3 N–H and O–H groups in total. The highest BCUT2D eigenvalue weighted by molar-refractivity contribution is 7.80. The van der Waals surface area contributed by atoms with Gasteiger partial charge < -0.3 is 5.73 Å². The predicted octanol–water partition coefficient (Wildman–Crippen LogP) is 0.671. The molecule has 6 heteroatoms. The van der Waals surface area contributed by atoms with Crippen molar-refractivity contribution in [1.29, 1.82) is 0 Å². The first-order chi connectivity index (χ1) is 5.79. The minimum Gasteiger partial charge on any atom is -0.375 e. The minimum atomic E-state index is 0. The number of thiocarbonyl (C=S) groups is 1. The lowest BCUT2D eigenvalue weighted by Gasteiger charge is -1.93. The molecule has 0 fully saturated rings. The van der Waals surface area contributed by atoms with E-state index in [-0.39, 0.29) is 17.5 Å². The highest BCUT2D eigenvalue weighted by Crippen LogP contribution is 1.89. The molecule has 13 heavy (non-hydrogen) atoms. The van der Waals surface area contributed by atoms with Crippen LogP contribution in [0.1, 0.15) is 5.56 Å². The fourth-order valence-corrected chi connectivity index (χ4v) is 0.675. The van der Waals surface area contributed by atoms with Crippen LogP contribution in [0.2, 0.25) is 0 Å². The van der Waals surface area contributed by atoms with Gasteiger partial charge in [-0.3, -0.25) is 10.4 Å². The fraction of sp³-hybridized carbons (Fsp3) is 0. The summed E-state index contributed by atoms with van der Waals surface area (Å²) in [6.45, 7) is 0. The topological polar surface area (TPSA) is 63.3 Å². The maximum Gasteiger partial charge on any atom is 0.184 e. The Balaban J connectivity index is 0.00000144. The molecule has 0 amide bonds. The van der Waals surface area contributed by atoms with Crippen molar-refractivity contribution in [2.24, 2.45) is 10.8 Å². The van der Waals surface area contributed by atoms with Crippen LogP contribution in [0.4, 0.5) is 0 Å². The number of halogens is 1. The van der Waals surface area contributed by atoms with Gasteiger partial charge in [0.1, 0.15) is 0 Å². The van der Waals surface area contributed by atoms with Gasteiger partial charge >= 0.3 is 0 Å². The van der Waals surface area contributed by atoms with Gasteiger partial charge in [0.05, 0.1) is 6.21 Å². The van der Waals surface area contributed by atoms with Crippen molar-refractivity contribution in [1.82, 2.24) is 10.4 Å².